The summed E-state index contributed by atoms with van der Waals surface area (Å²) in [6.45, 7) is 4.59. The second-order valence-electron chi connectivity index (χ2n) is 5.52. The van der Waals surface area contributed by atoms with Gasteiger partial charge >= 0.3 is 0 Å². The van der Waals surface area contributed by atoms with E-state index in [1.165, 1.54) is 0 Å². The van der Waals surface area contributed by atoms with Crippen molar-refractivity contribution in [1.82, 2.24) is 16.0 Å². The van der Waals surface area contributed by atoms with E-state index < -0.39 is 6.04 Å². The van der Waals surface area contributed by atoms with Crippen molar-refractivity contribution in [3.63, 3.8) is 0 Å². The molecule has 2 amide bonds. The van der Waals surface area contributed by atoms with Crippen LogP contribution in [0.15, 0.2) is 24.3 Å². The van der Waals surface area contributed by atoms with Gasteiger partial charge in [-0.05, 0) is 23.6 Å². The van der Waals surface area contributed by atoms with Crippen molar-refractivity contribution >= 4 is 23.4 Å². The molecule has 2 unspecified atom stereocenters. The fourth-order valence-corrected chi connectivity index (χ4v) is 2.44. The normalized spacial score (nSPS) is 20.0. The average molecular weight is 310 g/mol. The topological polar surface area (TPSA) is 70.2 Å². The summed E-state index contributed by atoms with van der Waals surface area (Å²) >= 11 is 5.90. The molecule has 2 rings (SSSR count). The minimum Gasteiger partial charge on any atom is -0.353 e. The lowest BCUT2D eigenvalue weighted by Crippen LogP contribution is -2.58. The van der Waals surface area contributed by atoms with Gasteiger partial charge in [0.15, 0.2) is 0 Å². The first kappa shape index (κ1) is 15.8. The van der Waals surface area contributed by atoms with E-state index in [1.807, 2.05) is 24.3 Å². The van der Waals surface area contributed by atoms with Crippen LogP contribution in [0.5, 0.6) is 0 Å². The first-order valence-corrected chi connectivity index (χ1v) is 7.41. The minimum atomic E-state index is -0.392. The summed E-state index contributed by atoms with van der Waals surface area (Å²) in [7, 11) is 0. The third-order valence-corrected chi connectivity index (χ3v) is 3.77. The molecule has 1 aromatic rings. The number of carbonyl (C=O) groups excluding carboxylic acids is 2. The van der Waals surface area contributed by atoms with Crippen molar-refractivity contribution in [2.24, 2.45) is 5.92 Å². The maximum Gasteiger partial charge on any atom is 0.239 e. The predicted molar refractivity (Wildman–Crippen MR) is 82.0 cm³/mol. The Hall–Kier alpha value is -1.59. The number of hydrogen-bond acceptors (Lipinski definition) is 3. The quantitative estimate of drug-likeness (QED) is 0.784. The van der Waals surface area contributed by atoms with Crippen molar-refractivity contribution in [3.05, 3.63) is 34.9 Å². The minimum absolute atomic E-state index is 0.0860. The third kappa shape index (κ3) is 4.19. The van der Waals surface area contributed by atoms with Gasteiger partial charge in [0.05, 0.1) is 12.6 Å². The smallest absolute Gasteiger partial charge is 0.239 e. The van der Waals surface area contributed by atoms with Gasteiger partial charge in [0.1, 0.15) is 6.04 Å². The SMILES string of the molecule is CC(C)C(NC(=O)C1CNC(=O)CN1)c1ccc(Cl)cc1. The molecule has 6 heteroatoms. The van der Waals surface area contributed by atoms with E-state index in [9.17, 15) is 9.59 Å². The second kappa shape index (κ2) is 6.91. The summed E-state index contributed by atoms with van der Waals surface area (Å²) in [5.41, 5.74) is 1.02. The van der Waals surface area contributed by atoms with Crippen LogP contribution in [0.2, 0.25) is 5.02 Å². The Balaban J connectivity index is 2.04. The van der Waals surface area contributed by atoms with E-state index >= 15 is 0 Å². The van der Waals surface area contributed by atoms with Crippen molar-refractivity contribution in [2.45, 2.75) is 25.9 Å². The van der Waals surface area contributed by atoms with Crippen LogP contribution in [-0.4, -0.2) is 30.9 Å². The zero-order valence-corrected chi connectivity index (χ0v) is 12.9. The highest BCUT2D eigenvalue weighted by atomic mass is 35.5. The number of benzene rings is 1. The molecule has 0 saturated carbocycles. The number of nitrogens with one attached hydrogen (secondary N) is 3. The molecular formula is C15H20ClN3O2. The zero-order valence-electron chi connectivity index (χ0n) is 12.2. The Morgan fingerprint density at radius 3 is 2.52 bits per heavy atom. The van der Waals surface area contributed by atoms with Gasteiger partial charge in [-0.3, -0.25) is 14.9 Å². The number of hydrogen-bond donors (Lipinski definition) is 3. The van der Waals surface area contributed by atoms with Crippen LogP contribution in [0, 0.1) is 5.92 Å². The molecule has 0 aliphatic carbocycles. The Morgan fingerprint density at radius 2 is 2.00 bits per heavy atom. The van der Waals surface area contributed by atoms with Gasteiger partial charge in [-0.2, -0.15) is 0 Å². The van der Waals surface area contributed by atoms with Gasteiger partial charge in [0.25, 0.3) is 0 Å². The molecule has 1 saturated heterocycles. The fraction of sp³-hybridized carbons (Fsp3) is 0.467. The first-order valence-electron chi connectivity index (χ1n) is 7.03. The molecule has 21 heavy (non-hydrogen) atoms. The summed E-state index contributed by atoms with van der Waals surface area (Å²) in [4.78, 5) is 23.4. The monoisotopic (exact) mass is 309 g/mol. The van der Waals surface area contributed by atoms with Gasteiger partial charge in [-0.25, -0.2) is 0 Å². The largest absolute Gasteiger partial charge is 0.353 e. The molecule has 3 N–H and O–H groups in total. The van der Waals surface area contributed by atoms with E-state index in [2.05, 4.69) is 29.8 Å². The summed E-state index contributed by atoms with van der Waals surface area (Å²) in [6, 6.07) is 6.99. The van der Waals surface area contributed by atoms with E-state index in [1.54, 1.807) is 0 Å². The second-order valence-corrected chi connectivity index (χ2v) is 5.96. The summed E-state index contributed by atoms with van der Waals surface area (Å²) in [6.07, 6.45) is 0. The summed E-state index contributed by atoms with van der Waals surface area (Å²) < 4.78 is 0. The lowest BCUT2D eigenvalue weighted by molar-refractivity contribution is -0.127. The Labute approximate surface area is 129 Å². The Morgan fingerprint density at radius 1 is 1.33 bits per heavy atom. The van der Waals surface area contributed by atoms with Crippen molar-refractivity contribution < 1.29 is 9.59 Å². The molecule has 5 nitrogen and oxygen atoms in total. The molecule has 1 aromatic carbocycles. The van der Waals surface area contributed by atoms with E-state index in [0.29, 0.717) is 11.6 Å². The zero-order chi connectivity index (χ0) is 15.4. The standard InChI is InChI=1S/C15H20ClN3O2/c1-9(2)14(10-3-5-11(16)6-4-10)19-15(21)12-7-18-13(20)8-17-12/h3-6,9,12,14,17H,7-8H2,1-2H3,(H,18,20)(H,19,21). The lowest BCUT2D eigenvalue weighted by Gasteiger charge is -2.28. The van der Waals surface area contributed by atoms with Crippen LogP contribution < -0.4 is 16.0 Å². The number of carbonyl (C=O) groups is 2. The molecule has 0 spiro atoms. The lowest BCUT2D eigenvalue weighted by atomic mass is 9.95. The predicted octanol–water partition coefficient (Wildman–Crippen LogP) is 1.24. The maximum absolute atomic E-state index is 12.3. The molecule has 1 aliphatic rings. The van der Waals surface area contributed by atoms with Gasteiger partial charge < -0.3 is 10.6 Å². The average Bonchev–Trinajstić information content (AvgIpc) is 2.46. The van der Waals surface area contributed by atoms with Crippen LogP contribution in [0.3, 0.4) is 0 Å². The highest BCUT2D eigenvalue weighted by Gasteiger charge is 2.27. The number of amides is 2. The Kier molecular flexibility index (Phi) is 5.20. The third-order valence-electron chi connectivity index (χ3n) is 3.52. The van der Waals surface area contributed by atoms with Crippen LogP contribution >= 0.6 is 11.6 Å². The van der Waals surface area contributed by atoms with Crippen molar-refractivity contribution in [2.75, 3.05) is 13.1 Å². The first-order chi connectivity index (χ1) is 9.97. The fourth-order valence-electron chi connectivity index (χ4n) is 2.31. The van der Waals surface area contributed by atoms with Crippen LogP contribution in [0.4, 0.5) is 0 Å². The van der Waals surface area contributed by atoms with E-state index in [4.69, 9.17) is 11.6 Å². The van der Waals surface area contributed by atoms with Crippen LogP contribution in [-0.2, 0) is 9.59 Å². The molecule has 0 radical (unpaired) electrons. The molecule has 0 aromatic heterocycles. The summed E-state index contributed by atoms with van der Waals surface area (Å²) in [5, 5.41) is 9.32. The van der Waals surface area contributed by atoms with Gasteiger partial charge in [-0.15, -0.1) is 0 Å². The molecule has 1 fully saturated rings. The van der Waals surface area contributed by atoms with Crippen LogP contribution in [0.25, 0.3) is 0 Å². The number of piperazine rings is 1. The van der Waals surface area contributed by atoms with Gasteiger partial charge in [-0.1, -0.05) is 37.6 Å². The number of rotatable bonds is 4. The molecule has 1 aliphatic heterocycles. The molecular weight excluding hydrogens is 290 g/mol. The molecule has 0 bridgehead atoms. The van der Waals surface area contributed by atoms with Crippen molar-refractivity contribution in [3.8, 4) is 0 Å². The Bertz CT molecular complexity index is 506. The molecule has 2 atom stereocenters. The van der Waals surface area contributed by atoms with Crippen molar-refractivity contribution in [1.29, 1.82) is 0 Å². The molecule has 114 valence electrons. The maximum atomic E-state index is 12.3. The van der Waals surface area contributed by atoms with E-state index in [-0.39, 0.29) is 30.3 Å². The number of halogens is 1. The highest BCUT2D eigenvalue weighted by Crippen LogP contribution is 2.23. The highest BCUT2D eigenvalue weighted by molar-refractivity contribution is 6.30. The van der Waals surface area contributed by atoms with Gasteiger partial charge in [0, 0.05) is 11.6 Å². The van der Waals surface area contributed by atoms with Gasteiger partial charge in [0.2, 0.25) is 11.8 Å². The summed E-state index contributed by atoms with van der Waals surface area (Å²) in [5.74, 6) is 0.0501. The van der Waals surface area contributed by atoms with E-state index in [0.717, 1.165) is 5.56 Å². The molecule has 1 heterocycles. The van der Waals surface area contributed by atoms with Crippen LogP contribution in [0.1, 0.15) is 25.5 Å².